The molecule has 0 atom stereocenters. The Bertz CT molecular complexity index is 1440. The molecule has 4 rings (SSSR count). The number of azo groups is 1. The van der Waals surface area contributed by atoms with E-state index in [0.29, 0.717) is 16.9 Å². The first-order chi connectivity index (χ1) is 18.3. The highest BCUT2D eigenvalue weighted by Gasteiger charge is 2.08. The molecule has 0 saturated heterocycles. The van der Waals surface area contributed by atoms with Crippen molar-refractivity contribution >= 4 is 27.5 Å². The van der Waals surface area contributed by atoms with Gasteiger partial charge in [0.25, 0.3) is 10.1 Å². The summed E-state index contributed by atoms with van der Waals surface area (Å²) in [5, 5.41) is 16.8. The van der Waals surface area contributed by atoms with E-state index in [-0.39, 0.29) is 4.90 Å². The van der Waals surface area contributed by atoms with Gasteiger partial charge < -0.3 is 9.84 Å². The Kier molecular flexibility index (Phi) is 10.3. The average molecular weight is 533 g/mol. The van der Waals surface area contributed by atoms with E-state index in [9.17, 15) is 13.2 Å². The summed E-state index contributed by atoms with van der Waals surface area (Å²) in [6, 6.07) is 29.4. The second-order valence-electron chi connectivity index (χ2n) is 8.11. The molecule has 0 heterocycles. The molecule has 4 aromatic rings. The van der Waals surface area contributed by atoms with Crippen molar-refractivity contribution in [3.05, 3.63) is 109 Å². The number of carboxylic acid groups (broad SMARTS) is 1. The van der Waals surface area contributed by atoms with Gasteiger partial charge in [0, 0.05) is 0 Å². The lowest BCUT2D eigenvalue weighted by Gasteiger charge is -2.07. The molecule has 0 bridgehead atoms. The molecule has 4 aromatic carbocycles. The molecule has 0 aliphatic heterocycles. The lowest BCUT2D eigenvalue weighted by Crippen LogP contribution is -1.96. The molecule has 196 valence electrons. The molecule has 2 N–H and O–H groups in total. The first kappa shape index (κ1) is 28.2. The molecule has 38 heavy (non-hydrogen) atoms. The summed E-state index contributed by atoms with van der Waals surface area (Å²) in [5.74, 6) is -0.0411. The van der Waals surface area contributed by atoms with E-state index in [1.807, 2.05) is 54.6 Å². The summed E-state index contributed by atoms with van der Waals surface area (Å²) >= 11 is 0. The zero-order chi connectivity index (χ0) is 27.4. The Morgan fingerprint density at radius 2 is 1.29 bits per heavy atom. The predicted molar refractivity (Wildman–Crippen MR) is 146 cm³/mol. The third kappa shape index (κ3) is 8.95. The van der Waals surface area contributed by atoms with Crippen molar-refractivity contribution in [3.8, 4) is 16.9 Å². The molecule has 0 aromatic heterocycles. The van der Waals surface area contributed by atoms with Crippen LogP contribution in [0.1, 0.15) is 30.1 Å². The van der Waals surface area contributed by atoms with Crippen molar-refractivity contribution < 1.29 is 27.6 Å². The van der Waals surface area contributed by atoms with Gasteiger partial charge in [0.1, 0.15) is 5.75 Å². The molecular formula is C29H28N2O6S. The van der Waals surface area contributed by atoms with Gasteiger partial charge in [-0.2, -0.15) is 18.6 Å². The maximum absolute atomic E-state index is 10.8. The third-order valence-corrected chi connectivity index (χ3v) is 6.13. The van der Waals surface area contributed by atoms with E-state index in [0.717, 1.165) is 36.3 Å². The number of unbranched alkanes of at least 4 members (excludes halogenated alkanes) is 1. The average Bonchev–Trinajstić information content (AvgIpc) is 2.93. The van der Waals surface area contributed by atoms with E-state index in [2.05, 4.69) is 17.2 Å². The topological polar surface area (TPSA) is 126 Å². The van der Waals surface area contributed by atoms with Crippen LogP contribution >= 0.6 is 0 Å². The zero-order valence-corrected chi connectivity index (χ0v) is 21.6. The van der Waals surface area contributed by atoms with Crippen molar-refractivity contribution in [1.29, 1.82) is 0 Å². The number of rotatable bonds is 9. The maximum atomic E-state index is 10.8. The molecule has 0 unspecified atom stereocenters. The summed E-state index contributed by atoms with van der Waals surface area (Å²) in [4.78, 5) is 10.6. The smallest absolute Gasteiger partial charge is 0.335 e. The SMILES string of the molecule is CCCCOc1ccc(-c2ccc(C(=O)O)cc2)cc1.O=S(=O)(O)c1ccc(/N=N/c2ccccc2)cc1. The van der Waals surface area contributed by atoms with Gasteiger partial charge in [-0.25, -0.2) is 4.79 Å². The van der Waals surface area contributed by atoms with Crippen LogP contribution in [0.15, 0.2) is 118 Å². The van der Waals surface area contributed by atoms with E-state index < -0.39 is 16.1 Å². The summed E-state index contributed by atoms with van der Waals surface area (Å²) in [7, 11) is -4.16. The van der Waals surface area contributed by atoms with Gasteiger partial charge >= 0.3 is 5.97 Å². The molecular weight excluding hydrogens is 504 g/mol. The number of benzene rings is 4. The van der Waals surface area contributed by atoms with Crippen LogP contribution in [-0.2, 0) is 10.1 Å². The van der Waals surface area contributed by atoms with Gasteiger partial charge in [0.05, 0.1) is 28.4 Å². The van der Waals surface area contributed by atoms with E-state index in [4.69, 9.17) is 14.4 Å². The lowest BCUT2D eigenvalue weighted by atomic mass is 10.0. The molecule has 0 fully saturated rings. The first-order valence-corrected chi connectivity index (χ1v) is 13.3. The van der Waals surface area contributed by atoms with Crippen LogP contribution in [0.4, 0.5) is 11.4 Å². The number of carbonyl (C=O) groups is 1. The number of aromatic carboxylic acids is 1. The second-order valence-corrected chi connectivity index (χ2v) is 9.53. The molecule has 0 radical (unpaired) electrons. The quantitative estimate of drug-likeness (QED) is 0.130. The Balaban J connectivity index is 0.000000212. The lowest BCUT2D eigenvalue weighted by molar-refractivity contribution is 0.0697. The molecule has 9 heteroatoms. The number of carboxylic acids is 1. The van der Waals surface area contributed by atoms with Gasteiger partial charge in [0.2, 0.25) is 0 Å². The maximum Gasteiger partial charge on any atom is 0.335 e. The van der Waals surface area contributed by atoms with Crippen molar-refractivity contribution in [3.63, 3.8) is 0 Å². The minimum Gasteiger partial charge on any atom is -0.494 e. The van der Waals surface area contributed by atoms with Crippen LogP contribution in [0.3, 0.4) is 0 Å². The summed E-state index contributed by atoms with van der Waals surface area (Å²) in [6.45, 7) is 2.87. The summed E-state index contributed by atoms with van der Waals surface area (Å²) in [5.41, 5.74) is 3.55. The highest BCUT2D eigenvalue weighted by Crippen LogP contribution is 2.23. The predicted octanol–water partition coefficient (Wildman–Crippen LogP) is 7.58. The van der Waals surface area contributed by atoms with Crippen LogP contribution in [0.2, 0.25) is 0 Å². The highest BCUT2D eigenvalue weighted by atomic mass is 32.2. The van der Waals surface area contributed by atoms with E-state index in [1.54, 1.807) is 24.3 Å². The van der Waals surface area contributed by atoms with Gasteiger partial charge in [-0.05, 0) is 78.2 Å². The van der Waals surface area contributed by atoms with Crippen molar-refractivity contribution in [2.45, 2.75) is 24.7 Å². The van der Waals surface area contributed by atoms with E-state index in [1.165, 1.54) is 24.3 Å². The minimum absolute atomic E-state index is 0.166. The molecule has 0 amide bonds. The fourth-order valence-electron chi connectivity index (χ4n) is 3.18. The summed E-state index contributed by atoms with van der Waals surface area (Å²) in [6.07, 6.45) is 2.17. The Morgan fingerprint density at radius 3 is 1.79 bits per heavy atom. The Labute approximate surface area is 222 Å². The van der Waals surface area contributed by atoms with E-state index >= 15 is 0 Å². The van der Waals surface area contributed by atoms with Gasteiger partial charge in [0.15, 0.2) is 0 Å². The fraction of sp³-hybridized carbons (Fsp3) is 0.138. The monoisotopic (exact) mass is 532 g/mol. The molecule has 0 aliphatic carbocycles. The Hall–Kier alpha value is -4.34. The summed E-state index contributed by atoms with van der Waals surface area (Å²) < 4.78 is 36.1. The first-order valence-electron chi connectivity index (χ1n) is 11.9. The molecule has 8 nitrogen and oxygen atoms in total. The molecule has 0 spiro atoms. The van der Waals surface area contributed by atoms with Crippen LogP contribution in [0.5, 0.6) is 5.75 Å². The van der Waals surface area contributed by atoms with Crippen molar-refractivity contribution in [2.24, 2.45) is 10.2 Å². The standard InChI is InChI=1S/C17H18O3.C12H10N2O3S/c1-2-3-12-20-16-10-8-14(9-11-16)13-4-6-15(7-5-13)17(18)19;15-18(16,17)12-8-6-11(7-9-12)14-13-10-4-2-1-3-5-10/h4-11H,2-3,12H2,1H3,(H,18,19);1-9H,(H,15,16,17)/b;14-13+. The number of nitrogens with zero attached hydrogens (tertiary/aromatic N) is 2. The third-order valence-electron chi connectivity index (χ3n) is 5.26. The second kappa shape index (κ2) is 13.8. The van der Waals surface area contributed by atoms with Gasteiger partial charge in [-0.1, -0.05) is 55.8 Å². The van der Waals surface area contributed by atoms with Crippen LogP contribution < -0.4 is 4.74 Å². The minimum atomic E-state index is -4.16. The zero-order valence-electron chi connectivity index (χ0n) is 20.8. The van der Waals surface area contributed by atoms with Gasteiger partial charge in [-0.3, -0.25) is 4.55 Å². The van der Waals surface area contributed by atoms with Crippen LogP contribution in [0.25, 0.3) is 11.1 Å². The van der Waals surface area contributed by atoms with Crippen molar-refractivity contribution in [2.75, 3.05) is 6.61 Å². The Morgan fingerprint density at radius 1 is 0.763 bits per heavy atom. The fourth-order valence-corrected chi connectivity index (χ4v) is 3.66. The number of ether oxygens (including phenoxy) is 1. The highest BCUT2D eigenvalue weighted by molar-refractivity contribution is 7.85. The molecule has 0 saturated carbocycles. The molecule has 0 aliphatic rings. The number of hydrogen-bond donors (Lipinski definition) is 2. The van der Waals surface area contributed by atoms with Crippen LogP contribution in [0, 0.1) is 0 Å². The van der Waals surface area contributed by atoms with Gasteiger partial charge in [-0.15, -0.1) is 0 Å². The van der Waals surface area contributed by atoms with Crippen molar-refractivity contribution in [1.82, 2.24) is 0 Å². The number of hydrogen-bond acceptors (Lipinski definition) is 6. The van der Waals surface area contributed by atoms with Crippen LogP contribution in [-0.4, -0.2) is 30.7 Å². The normalized spacial score (nSPS) is 11.0. The largest absolute Gasteiger partial charge is 0.494 e.